The maximum Gasteiger partial charge on any atom is 0.142 e. The average molecular weight is 281 g/mol. The van der Waals surface area contributed by atoms with Crippen molar-refractivity contribution in [3.05, 3.63) is 41.0 Å². The molecule has 1 aliphatic rings. The Morgan fingerprint density at radius 1 is 1.37 bits per heavy atom. The minimum atomic E-state index is -0.440. The van der Waals surface area contributed by atoms with E-state index in [1.54, 1.807) is 0 Å². The van der Waals surface area contributed by atoms with E-state index in [1.807, 2.05) is 0 Å². The van der Waals surface area contributed by atoms with Gasteiger partial charge in [0.25, 0.3) is 0 Å². The maximum atomic E-state index is 13.5. The Labute approximate surface area is 113 Å². The molecule has 1 aromatic carbocycles. The summed E-state index contributed by atoms with van der Waals surface area (Å²) >= 11 is 1.27. The van der Waals surface area contributed by atoms with E-state index >= 15 is 0 Å². The van der Waals surface area contributed by atoms with Crippen molar-refractivity contribution >= 4 is 22.4 Å². The van der Waals surface area contributed by atoms with Gasteiger partial charge >= 0.3 is 0 Å². The van der Waals surface area contributed by atoms with Crippen LogP contribution in [0.5, 0.6) is 0 Å². The monoisotopic (exact) mass is 281 g/mol. The molecule has 3 N–H and O–H groups in total. The van der Waals surface area contributed by atoms with Crippen molar-refractivity contribution in [2.45, 2.75) is 25.3 Å². The molecule has 0 atom stereocenters. The van der Waals surface area contributed by atoms with Gasteiger partial charge in [0.2, 0.25) is 0 Å². The van der Waals surface area contributed by atoms with E-state index in [1.165, 1.54) is 17.6 Å². The minimum absolute atomic E-state index is 0.227. The maximum absolute atomic E-state index is 13.5. The predicted molar refractivity (Wildman–Crippen MR) is 72.2 cm³/mol. The molecule has 0 saturated heterocycles. The van der Waals surface area contributed by atoms with Crippen molar-refractivity contribution in [1.82, 2.24) is 4.37 Å². The molecule has 0 aliphatic heterocycles. The molecule has 6 heteroatoms. The fourth-order valence-electron chi connectivity index (χ4n) is 2.06. The van der Waals surface area contributed by atoms with Crippen molar-refractivity contribution in [3.8, 4) is 0 Å². The van der Waals surface area contributed by atoms with Crippen molar-refractivity contribution in [1.29, 1.82) is 0 Å². The molecule has 3 rings (SSSR count). The van der Waals surface area contributed by atoms with Crippen LogP contribution >= 0.6 is 11.5 Å². The summed E-state index contributed by atoms with van der Waals surface area (Å²) in [5.74, 6) is 0.164. The number of halogens is 2. The molecular formula is C13H13F2N3S. The third-order valence-electron chi connectivity index (χ3n) is 3.19. The molecule has 2 aromatic rings. The average Bonchev–Trinajstić information content (AvgIpc) is 3.15. The van der Waals surface area contributed by atoms with Crippen LogP contribution in [-0.2, 0) is 6.54 Å². The topological polar surface area (TPSA) is 50.9 Å². The Bertz CT molecular complexity index is 608. The number of hydrogen-bond acceptors (Lipinski definition) is 4. The molecule has 0 unspecified atom stereocenters. The number of aromatic nitrogens is 1. The second-order valence-corrected chi connectivity index (χ2v) is 5.45. The van der Waals surface area contributed by atoms with Crippen molar-refractivity contribution in [2.24, 2.45) is 0 Å². The quantitative estimate of drug-likeness (QED) is 0.902. The van der Waals surface area contributed by atoms with Crippen LogP contribution < -0.4 is 11.1 Å². The number of benzene rings is 1. The lowest BCUT2D eigenvalue weighted by atomic mass is 10.2. The first-order chi connectivity index (χ1) is 9.15. The smallest absolute Gasteiger partial charge is 0.142 e. The first-order valence-electron chi connectivity index (χ1n) is 6.08. The van der Waals surface area contributed by atoms with Gasteiger partial charge in [-0.15, -0.1) is 0 Å². The fraction of sp³-hybridized carbons (Fsp3) is 0.308. The molecule has 19 heavy (non-hydrogen) atoms. The number of rotatable bonds is 4. The number of anilines is 2. The Hall–Kier alpha value is -1.69. The van der Waals surface area contributed by atoms with Crippen molar-refractivity contribution < 1.29 is 8.78 Å². The molecular weight excluding hydrogens is 268 g/mol. The standard InChI is InChI=1S/C13H13F2N3S/c14-9-3-4-10(15)8(5-9)6-17-13-11(7-1-2-7)12(16)18-19-13/h3-5,7,17H,1-2,6H2,(H2,16,18). The van der Waals surface area contributed by atoms with E-state index in [4.69, 9.17) is 5.73 Å². The molecule has 3 nitrogen and oxygen atoms in total. The summed E-state index contributed by atoms with van der Waals surface area (Å²) in [6.07, 6.45) is 2.23. The van der Waals surface area contributed by atoms with Crippen LogP contribution in [0.1, 0.15) is 29.9 Å². The van der Waals surface area contributed by atoms with Gasteiger partial charge < -0.3 is 11.1 Å². The molecule has 0 bridgehead atoms. The SMILES string of the molecule is Nc1nsc(NCc2cc(F)ccc2F)c1C1CC1. The zero-order chi connectivity index (χ0) is 13.4. The van der Waals surface area contributed by atoms with E-state index in [0.29, 0.717) is 17.3 Å². The number of nitrogen functional groups attached to an aromatic ring is 1. The lowest BCUT2D eigenvalue weighted by Crippen LogP contribution is -2.03. The zero-order valence-electron chi connectivity index (χ0n) is 10.1. The fourth-order valence-corrected chi connectivity index (χ4v) is 2.85. The van der Waals surface area contributed by atoms with Crippen LogP contribution in [0.25, 0.3) is 0 Å². The predicted octanol–water partition coefficient (Wildman–Crippen LogP) is 3.49. The molecule has 0 spiro atoms. The molecule has 0 amide bonds. The Morgan fingerprint density at radius 2 is 2.16 bits per heavy atom. The molecule has 1 heterocycles. The van der Waals surface area contributed by atoms with Gasteiger partial charge in [-0.25, -0.2) is 8.78 Å². The normalized spacial score (nSPS) is 14.6. The van der Waals surface area contributed by atoms with E-state index in [9.17, 15) is 8.78 Å². The molecule has 0 radical (unpaired) electrons. The van der Waals surface area contributed by atoms with Crippen molar-refractivity contribution in [2.75, 3.05) is 11.1 Å². The van der Waals surface area contributed by atoms with Crippen molar-refractivity contribution in [3.63, 3.8) is 0 Å². The van der Waals surface area contributed by atoms with Gasteiger partial charge in [0.15, 0.2) is 0 Å². The van der Waals surface area contributed by atoms with Gasteiger partial charge in [-0.3, -0.25) is 0 Å². The second kappa shape index (κ2) is 4.77. The number of nitrogens with two attached hydrogens (primary N) is 1. The van der Waals surface area contributed by atoms with Crippen LogP contribution in [0.4, 0.5) is 19.6 Å². The van der Waals surface area contributed by atoms with Gasteiger partial charge in [0, 0.05) is 17.7 Å². The molecule has 1 saturated carbocycles. The highest BCUT2D eigenvalue weighted by molar-refractivity contribution is 7.10. The second-order valence-electron chi connectivity index (χ2n) is 4.67. The van der Waals surface area contributed by atoms with E-state index in [0.717, 1.165) is 35.5 Å². The summed E-state index contributed by atoms with van der Waals surface area (Å²) in [5.41, 5.74) is 7.16. The molecule has 1 aliphatic carbocycles. The first-order valence-corrected chi connectivity index (χ1v) is 6.85. The van der Waals surface area contributed by atoms with Gasteiger partial charge in [-0.05, 0) is 48.5 Å². The Kier molecular flexibility index (Phi) is 3.10. The Morgan fingerprint density at radius 3 is 2.89 bits per heavy atom. The summed E-state index contributed by atoms with van der Waals surface area (Å²) < 4.78 is 30.7. The lowest BCUT2D eigenvalue weighted by molar-refractivity contribution is 0.587. The lowest BCUT2D eigenvalue weighted by Gasteiger charge is -2.07. The zero-order valence-corrected chi connectivity index (χ0v) is 10.9. The number of nitrogens with zero attached hydrogens (tertiary/aromatic N) is 1. The van der Waals surface area contributed by atoms with Crippen LogP contribution in [-0.4, -0.2) is 4.37 Å². The van der Waals surface area contributed by atoms with Gasteiger partial charge in [0.1, 0.15) is 22.5 Å². The minimum Gasteiger partial charge on any atom is -0.383 e. The summed E-state index contributed by atoms with van der Waals surface area (Å²) in [5, 5.41) is 3.97. The van der Waals surface area contributed by atoms with Gasteiger partial charge in [0.05, 0.1) is 0 Å². The number of hydrogen-bond donors (Lipinski definition) is 2. The van der Waals surface area contributed by atoms with E-state index in [-0.39, 0.29) is 6.54 Å². The third-order valence-corrected chi connectivity index (χ3v) is 4.02. The van der Waals surface area contributed by atoms with Crippen LogP contribution in [0.3, 0.4) is 0 Å². The summed E-state index contributed by atoms with van der Waals surface area (Å²) in [6, 6.07) is 3.44. The first kappa shape index (κ1) is 12.3. The van der Waals surface area contributed by atoms with Crippen LogP contribution in [0, 0.1) is 11.6 Å². The summed E-state index contributed by atoms with van der Waals surface area (Å²) in [4.78, 5) is 0. The highest BCUT2D eigenvalue weighted by atomic mass is 32.1. The molecule has 1 aromatic heterocycles. The highest BCUT2D eigenvalue weighted by Crippen LogP contribution is 2.47. The number of nitrogens with one attached hydrogen (secondary N) is 1. The van der Waals surface area contributed by atoms with E-state index in [2.05, 4.69) is 9.69 Å². The Balaban J connectivity index is 1.77. The summed E-state index contributed by atoms with van der Waals surface area (Å²) in [7, 11) is 0. The summed E-state index contributed by atoms with van der Waals surface area (Å²) in [6.45, 7) is 0.227. The van der Waals surface area contributed by atoms with E-state index < -0.39 is 11.6 Å². The van der Waals surface area contributed by atoms with Crippen LogP contribution in [0.15, 0.2) is 18.2 Å². The van der Waals surface area contributed by atoms with Gasteiger partial charge in [-0.2, -0.15) is 4.37 Å². The molecule has 1 fully saturated rings. The highest BCUT2D eigenvalue weighted by Gasteiger charge is 2.30. The third kappa shape index (κ3) is 2.53. The molecule has 100 valence electrons. The largest absolute Gasteiger partial charge is 0.383 e. The van der Waals surface area contributed by atoms with Crippen LogP contribution in [0.2, 0.25) is 0 Å². The van der Waals surface area contributed by atoms with Gasteiger partial charge in [-0.1, -0.05) is 0 Å².